The van der Waals surface area contributed by atoms with E-state index in [1.54, 1.807) is 6.20 Å². The van der Waals surface area contributed by atoms with E-state index in [9.17, 15) is 0 Å². The Morgan fingerprint density at radius 2 is 2.00 bits per heavy atom. The Bertz CT molecular complexity index is 97.4. The first-order chi connectivity index (χ1) is 4.41. The van der Waals surface area contributed by atoms with Gasteiger partial charge >= 0.3 is 0 Å². The van der Waals surface area contributed by atoms with Crippen molar-refractivity contribution in [3.05, 3.63) is 24.4 Å². The Labute approximate surface area is 62.0 Å². The normalized spacial score (nSPS) is 10.5. The van der Waals surface area contributed by atoms with E-state index in [-0.39, 0.29) is 4.70 Å². The van der Waals surface area contributed by atoms with Crippen LogP contribution in [0, 0.1) is 0 Å². The van der Waals surface area contributed by atoms with Crippen molar-refractivity contribution < 1.29 is 4.70 Å². The molecule has 0 aromatic heterocycles. The average Bonchev–Trinajstić information content (AvgIpc) is 1.89. The van der Waals surface area contributed by atoms with Gasteiger partial charge in [0.15, 0.2) is 0 Å². The molecular weight excluding hydrogens is 129 g/mol. The molecule has 0 heterocycles. The van der Waals surface area contributed by atoms with Crippen molar-refractivity contribution in [2.75, 3.05) is 0 Å². The first-order valence-corrected chi connectivity index (χ1v) is 3.45. The second-order valence-electron chi connectivity index (χ2n) is 1.96. The van der Waals surface area contributed by atoms with E-state index in [2.05, 4.69) is 13.0 Å². The molecule has 0 rings (SSSR count). The zero-order valence-electron chi connectivity index (χ0n) is 6.42. The second kappa shape index (κ2) is 11.1. The molecule has 0 saturated heterocycles. The average molecular weight is 145 g/mol. The molecule has 1 nitrogen and oxygen atoms in total. The quantitative estimate of drug-likeness (QED) is 0.477. The maximum atomic E-state index is 5.11. The van der Waals surface area contributed by atoms with Crippen molar-refractivity contribution >= 4 is 0 Å². The van der Waals surface area contributed by atoms with E-state index in [1.165, 1.54) is 19.3 Å². The van der Waals surface area contributed by atoms with Crippen LogP contribution in [0.25, 0.3) is 0 Å². The lowest BCUT2D eigenvalue weighted by Gasteiger charge is -1.84. The largest absolute Gasteiger partial charge is 0.405 e. The predicted octanol–water partition coefficient (Wildman–Crippen LogP) is 2.36. The van der Waals surface area contributed by atoms with Crippen molar-refractivity contribution in [2.45, 2.75) is 26.2 Å². The van der Waals surface area contributed by atoms with E-state index >= 15 is 0 Å². The topological polar surface area (TPSA) is 26.0 Å². The molecule has 2 heteroatoms. The van der Waals surface area contributed by atoms with Crippen LogP contribution in [0.4, 0.5) is 4.70 Å². The molecular formula is C8H16FN. The predicted molar refractivity (Wildman–Crippen MR) is 44.5 cm³/mol. The third-order valence-electron chi connectivity index (χ3n) is 1.08. The molecule has 0 bridgehead atoms. The smallest absolute Gasteiger partial charge is 0.00625 e. The van der Waals surface area contributed by atoms with Gasteiger partial charge in [0.05, 0.1) is 0 Å². The van der Waals surface area contributed by atoms with Crippen molar-refractivity contribution in [1.82, 2.24) is 0 Å². The number of hydrogen-bond acceptors (Lipinski definition) is 1. The summed E-state index contributed by atoms with van der Waals surface area (Å²) in [5, 5.41) is 0. The van der Waals surface area contributed by atoms with E-state index in [1.807, 2.05) is 12.2 Å². The fourth-order valence-electron chi connectivity index (χ4n) is 0.561. The summed E-state index contributed by atoms with van der Waals surface area (Å²) in [4.78, 5) is 0. The fourth-order valence-corrected chi connectivity index (χ4v) is 0.561. The third kappa shape index (κ3) is 10.2. The van der Waals surface area contributed by atoms with E-state index in [4.69, 9.17) is 5.73 Å². The monoisotopic (exact) mass is 145 g/mol. The lowest BCUT2D eigenvalue weighted by molar-refractivity contribution is 0.815. The summed E-state index contributed by atoms with van der Waals surface area (Å²) in [5.74, 6) is 0. The van der Waals surface area contributed by atoms with Gasteiger partial charge in [-0.15, -0.1) is 0 Å². The van der Waals surface area contributed by atoms with Crippen molar-refractivity contribution in [3.63, 3.8) is 0 Å². The van der Waals surface area contributed by atoms with Crippen LogP contribution in [0.2, 0.25) is 0 Å². The third-order valence-corrected chi connectivity index (χ3v) is 1.08. The van der Waals surface area contributed by atoms with Gasteiger partial charge in [0.25, 0.3) is 0 Å². The van der Waals surface area contributed by atoms with Gasteiger partial charge in [0.2, 0.25) is 0 Å². The van der Waals surface area contributed by atoms with Gasteiger partial charge in [0, 0.05) is 0 Å². The maximum absolute atomic E-state index is 5.11. The lowest BCUT2D eigenvalue weighted by Crippen LogP contribution is -1.72. The molecule has 0 amide bonds. The molecule has 0 aliphatic heterocycles. The minimum absolute atomic E-state index is 0. The van der Waals surface area contributed by atoms with Crippen molar-refractivity contribution in [2.24, 2.45) is 5.73 Å². The molecule has 0 aliphatic carbocycles. The number of allylic oxidation sites excluding steroid dienone is 3. The molecule has 0 unspecified atom stereocenters. The summed E-state index contributed by atoms with van der Waals surface area (Å²) in [6, 6.07) is 0. The summed E-state index contributed by atoms with van der Waals surface area (Å²) in [7, 11) is 0. The van der Waals surface area contributed by atoms with E-state index in [0.717, 1.165) is 0 Å². The van der Waals surface area contributed by atoms with E-state index < -0.39 is 0 Å². The molecule has 10 heavy (non-hydrogen) atoms. The van der Waals surface area contributed by atoms with Crippen LogP contribution in [0.1, 0.15) is 26.2 Å². The standard InChI is InChI=1S/C8H15N.FH/c1-2-3-4-5-6-7-8-9;/h5-8H,2-4,9H2,1H3;1H. The molecule has 0 spiro atoms. The van der Waals surface area contributed by atoms with Crippen LogP contribution in [0.5, 0.6) is 0 Å². The van der Waals surface area contributed by atoms with Gasteiger partial charge in [-0.1, -0.05) is 31.9 Å². The molecule has 0 saturated carbocycles. The molecule has 0 atom stereocenters. The molecule has 2 N–H and O–H groups in total. The fraction of sp³-hybridized carbons (Fsp3) is 0.500. The molecule has 0 aromatic rings. The lowest BCUT2D eigenvalue weighted by atomic mass is 10.2. The minimum Gasteiger partial charge on any atom is -0.405 e. The van der Waals surface area contributed by atoms with Gasteiger partial charge in [-0.25, -0.2) is 0 Å². The first kappa shape index (κ1) is 11.9. The Balaban J connectivity index is 0. The zero-order chi connectivity index (χ0) is 6.95. The Morgan fingerprint density at radius 3 is 2.50 bits per heavy atom. The summed E-state index contributed by atoms with van der Waals surface area (Å²) >= 11 is 0. The second-order valence-corrected chi connectivity index (χ2v) is 1.96. The first-order valence-electron chi connectivity index (χ1n) is 3.45. The van der Waals surface area contributed by atoms with Crippen LogP contribution in [-0.4, -0.2) is 0 Å². The van der Waals surface area contributed by atoms with Gasteiger partial charge in [0.1, 0.15) is 0 Å². The molecule has 60 valence electrons. The SMILES string of the molecule is CCCCC=CC=CN.F. The van der Waals surface area contributed by atoms with Crippen LogP contribution in [0.3, 0.4) is 0 Å². The maximum Gasteiger partial charge on any atom is -0.00625 e. The van der Waals surface area contributed by atoms with Crippen LogP contribution in [-0.2, 0) is 0 Å². The summed E-state index contributed by atoms with van der Waals surface area (Å²) in [6.45, 7) is 2.19. The molecule has 0 aromatic carbocycles. The Hall–Kier alpha value is -0.790. The molecule has 0 radical (unpaired) electrons. The number of unbranched alkanes of at least 4 members (excludes halogenated alkanes) is 2. The van der Waals surface area contributed by atoms with Crippen molar-refractivity contribution in [3.8, 4) is 0 Å². The highest BCUT2D eigenvalue weighted by atomic mass is 19.0. The molecule has 0 fully saturated rings. The molecule has 0 aliphatic rings. The highest BCUT2D eigenvalue weighted by molar-refractivity contribution is 5.00. The van der Waals surface area contributed by atoms with E-state index in [0.29, 0.717) is 0 Å². The number of halogens is 1. The summed E-state index contributed by atoms with van der Waals surface area (Å²) in [5.41, 5.74) is 5.11. The Morgan fingerprint density at radius 1 is 1.30 bits per heavy atom. The highest BCUT2D eigenvalue weighted by Crippen LogP contribution is 1.94. The van der Waals surface area contributed by atoms with Gasteiger partial charge < -0.3 is 5.73 Å². The van der Waals surface area contributed by atoms with Gasteiger partial charge in [-0.3, -0.25) is 4.70 Å². The van der Waals surface area contributed by atoms with Gasteiger partial charge in [-0.05, 0) is 18.7 Å². The minimum atomic E-state index is 0. The van der Waals surface area contributed by atoms with Gasteiger partial charge in [-0.2, -0.15) is 0 Å². The number of hydrogen-bond donors (Lipinski definition) is 1. The van der Waals surface area contributed by atoms with Crippen LogP contribution < -0.4 is 5.73 Å². The van der Waals surface area contributed by atoms with Crippen LogP contribution >= 0.6 is 0 Å². The van der Waals surface area contributed by atoms with Crippen LogP contribution in [0.15, 0.2) is 24.4 Å². The number of nitrogens with two attached hydrogens (primary N) is 1. The highest BCUT2D eigenvalue weighted by Gasteiger charge is 1.74. The summed E-state index contributed by atoms with van der Waals surface area (Å²) in [6.07, 6.45) is 11.2. The Kier molecular flexibility index (Phi) is 13.2. The summed E-state index contributed by atoms with van der Waals surface area (Å²) < 4.78 is 0. The van der Waals surface area contributed by atoms with Crippen molar-refractivity contribution in [1.29, 1.82) is 0 Å². The zero-order valence-corrected chi connectivity index (χ0v) is 6.42. The number of rotatable bonds is 4.